The summed E-state index contributed by atoms with van der Waals surface area (Å²) in [7, 11) is 0. The summed E-state index contributed by atoms with van der Waals surface area (Å²) in [5.41, 5.74) is 1.23. The average molecular weight is 600 g/mol. The van der Waals surface area contributed by atoms with E-state index in [-0.39, 0.29) is 54.9 Å². The molecule has 0 radical (unpaired) electrons. The second-order valence-electron chi connectivity index (χ2n) is 10.4. The number of carbonyl (C=O) groups excluding carboxylic acids is 1. The van der Waals surface area contributed by atoms with Crippen molar-refractivity contribution in [3.05, 3.63) is 53.2 Å². The predicted molar refractivity (Wildman–Crippen MR) is 152 cm³/mol. The molecule has 2 aromatic heterocycles. The van der Waals surface area contributed by atoms with Gasteiger partial charge in [-0.05, 0) is 63.0 Å². The normalized spacial score (nSPS) is 19.2. The fraction of sp³-hybridized carbons (Fsp3) is 0.429. The third-order valence-electron chi connectivity index (χ3n) is 7.61. The Morgan fingerprint density at radius 1 is 1.07 bits per heavy atom. The Morgan fingerprint density at radius 3 is 2.57 bits per heavy atom. The molecule has 1 saturated heterocycles. The number of carboxylic acid groups (broad SMARTS) is 1. The van der Waals surface area contributed by atoms with Gasteiger partial charge in [0, 0.05) is 28.6 Å². The van der Waals surface area contributed by atoms with Crippen LogP contribution in [0.25, 0.3) is 11.3 Å². The number of nitrogens with zero attached hydrogens (tertiary/aromatic N) is 5. The molecule has 3 aromatic rings. The molecule has 1 aromatic carbocycles. The number of aliphatic hydroxyl groups is 1. The molecule has 1 aliphatic heterocycles. The van der Waals surface area contributed by atoms with Gasteiger partial charge in [-0.25, -0.2) is 14.4 Å². The van der Waals surface area contributed by atoms with E-state index < -0.39 is 11.8 Å². The average Bonchev–Trinajstić information content (AvgIpc) is 2.95. The Labute approximate surface area is 246 Å². The van der Waals surface area contributed by atoms with Crippen molar-refractivity contribution in [2.75, 3.05) is 36.9 Å². The quantitative estimate of drug-likeness (QED) is 0.239. The standard InChI is InChI=1S/C28H31ClFN7O5/c29-18-1-2-21(30)20(11-18)22-12-23(24(36-35-22)14-42-8-7-38)33-25-13-26(32-15-31-25)34-27(39)17-9-19(10-17)37-5-3-16(4-6-37)28(40)41/h1-2,11-13,15-17,19,38H,3-10,14H2,(H,40,41)(H2,31,32,33,34,35,39). The smallest absolute Gasteiger partial charge is 0.306 e. The number of ether oxygens (including phenoxy) is 1. The number of aliphatic hydroxyl groups excluding tert-OH is 1. The van der Waals surface area contributed by atoms with Crippen LogP contribution in [-0.2, 0) is 20.9 Å². The number of benzene rings is 1. The van der Waals surface area contributed by atoms with E-state index in [9.17, 15) is 19.1 Å². The molecule has 1 saturated carbocycles. The van der Waals surface area contributed by atoms with Crippen LogP contribution in [0.4, 0.5) is 21.7 Å². The Bertz CT molecular complexity index is 1430. The van der Waals surface area contributed by atoms with Gasteiger partial charge in [-0.1, -0.05) is 11.6 Å². The molecule has 0 bridgehead atoms. The minimum Gasteiger partial charge on any atom is -0.481 e. The molecule has 1 amide bonds. The number of hydrogen-bond acceptors (Lipinski definition) is 10. The van der Waals surface area contributed by atoms with E-state index in [0.717, 1.165) is 13.1 Å². The van der Waals surface area contributed by atoms with E-state index in [2.05, 4.69) is 35.7 Å². The van der Waals surface area contributed by atoms with Gasteiger partial charge in [0.2, 0.25) is 5.91 Å². The van der Waals surface area contributed by atoms with Crippen molar-refractivity contribution in [1.82, 2.24) is 25.1 Å². The van der Waals surface area contributed by atoms with Gasteiger partial charge in [0.05, 0.1) is 37.1 Å². The molecule has 5 rings (SSSR count). The minimum absolute atomic E-state index is 0.0275. The zero-order valence-electron chi connectivity index (χ0n) is 22.7. The Balaban J connectivity index is 1.24. The molecule has 2 aliphatic rings. The summed E-state index contributed by atoms with van der Waals surface area (Å²) in [6.45, 7) is 1.43. The monoisotopic (exact) mass is 599 g/mol. The molecule has 222 valence electrons. The summed E-state index contributed by atoms with van der Waals surface area (Å²) in [6, 6.07) is 7.58. The summed E-state index contributed by atoms with van der Waals surface area (Å²) in [6.07, 6.45) is 4.00. The number of piperidine rings is 1. The predicted octanol–water partition coefficient (Wildman–Crippen LogP) is 3.49. The molecule has 1 aliphatic carbocycles. The van der Waals surface area contributed by atoms with Crippen LogP contribution in [0.2, 0.25) is 5.02 Å². The molecular weight excluding hydrogens is 569 g/mol. The lowest BCUT2D eigenvalue weighted by molar-refractivity contribution is -0.143. The zero-order chi connectivity index (χ0) is 29.6. The minimum atomic E-state index is -0.735. The maximum absolute atomic E-state index is 14.5. The Morgan fingerprint density at radius 2 is 1.83 bits per heavy atom. The molecule has 42 heavy (non-hydrogen) atoms. The molecule has 14 heteroatoms. The first-order valence-corrected chi connectivity index (χ1v) is 14.1. The Kier molecular flexibility index (Phi) is 9.52. The highest BCUT2D eigenvalue weighted by Gasteiger charge is 2.39. The van der Waals surface area contributed by atoms with Crippen molar-refractivity contribution >= 4 is 40.8 Å². The molecule has 0 atom stereocenters. The van der Waals surface area contributed by atoms with Gasteiger partial charge in [0.15, 0.2) is 0 Å². The molecule has 0 unspecified atom stereocenters. The van der Waals surface area contributed by atoms with Crippen molar-refractivity contribution in [3.63, 3.8) is 0 Å². The highest BCUT2D eigenvalue weighted by Crippen LogP contribution is 2.35. The molecule has 3 heterocycles. The molecular formula is C28H31ClFN7O5. The summed E-state index contributed by atoms with van der Waals surface area (Å²) in [4.78, 5) is 34.8. The van der Waals surface area contributed by atoms with Crippen molar-refractivity contribution in [3.8, 4) is 11.3 Å². The van der Waals surface area contributed by atoms with Crippen LogP contribution in [0.15, 0.2) is 36.7 Å². The lowest BCUT2D eigenvalue weighted by Crippen LogP contribution is -2.51. The van der Waals surface area contributed by atoms with Gasteiger partial charge in [-0.15, -0.1) is 5.10 Å². The third-order valence-corrected chi connectivity index (χ3v) is 7.84. The van der Waals surface area contributed by atoms with Crippen LogP contribution in [-0.4, -0.2) is 79.5 Å². The first-order chi connectivity index (χ1) is 20.3. The van der Waals surface area contributed by atoms with Crippen LogP contribution < -0.4 is 10.6 Å². The van der Waals surface area contributed by atoms with E-state index in [0.29, 0.717) is 53.7 Å². The van der Waals surface area contributed by atoms with Crippen LogP contribution in [0, 0.1) is 17.7 Å². The van der Waals surface area contributed by atoms with Gasteiger partial charge in [-0.2, -0.15) is 5.10 Å². The van der Waals surface area contributed by atoms with Crippen LogP contribution >= 0.6 is 11.6 Å². The first-order valence-electron chi connectivity index (χ1n) is 13.7. The largest absolute Gasteiger partial charge is 0.481 e. The number of halogens is 2. The number of amides is 1. The van der Waals surface area contributed by atoms with Crippen molar-refractivity contribution in [2.45, 2.75) is 38.3 Å². The van der Waals surface area contributed by atoms with Crippen molar-refractivity contribution < 1.29 is 28.9 Å². The second kappa shape index (κ2) is 13.5. The number of likely N-dealkylation sites (tertiary alicyclic amines) is 1. The third kappa shape index (κ3) is 7.16. The van der Waals surface area contributed by atoms with Gasteiger partial charge in [-0.3, -0.25) is 9.59 Å². The van der Waals surface area contributed by atoms with Gasteiger partial charge < -0.3 is 30.5 Å². The van der Waals surface area contributed by atoms with E-state index in [1.165, 1.54) is 24.5 Å². The van der Waals surface area contributed by atoms with E-state index >= 15 is 0 Å². The molecule has 12 nitrogen and oxygen atoms in total. The summed E-state index contributed by atoms with van der Waals surface area (Å²) >= 11 is 6.06. The maximum atomic E-state index is 14.5. The summed E-state index contributed by atoms with van der Waals surface area (Å²) in [5.74, 6) is -1.17. The van der Waals surface area contributed by atoms with Gasteiger partial charge in [0.25, 0.3) is 0 Å². The summed E-state index contributed by atoms with van der Waals surface area (Å²) in [5, 5.41) is 32.9. The lowest BCUT2D eigenvalue weighted by atomic mass is 9.77. The number of hydrogen-bond donors (Lipinski definition) is 4. The fourth-order valence-electron chi connectivity index (χ4n) is 5.16. The second-order valence-corrected chi connectivity index (χ2v) is 10.8. The number of carbonyl (C=O) groups is 2. The topological polar surface area (TPSA) is 163 Å². The van der Waals surface area contributed by atoms with E-state index in [4.69, 9.17) is 21.4 Å². The van der Waals surface area contributed by atoms with Crippen molar-refractivity contribution in [1.29, 1.82) is 0 Å². The number of anilines is 3. The zero-order valence-corrected chi connectivity index (χ0v) is 23.4. The van der Waals surface area contributed by atoms with Gasteiger partial charge in [0.1, 0.15) is 29.5 Å². The fourth-order valence-corrected chi connectivity index (χ4v) is 5.33. The number of aliphatic carboxylic acids is 1. The van der Waals surface area contributed by atoms with Crippen LogP contribution in [0.5, 0.6) is 0 Å². The molecule has 2 fully saturated rings. The molecule has 4 N–H and O–H groups in total. The van der Waals surface area contributed by atoms with E-state index in [1.54, 1.807) is 12.1 Å². The SMILES string of the molecule is O=C(O)C1CCN(C2CC(C(=O)Nc3cc(Nc4cc(-c5cc(Cl)ccc5F)nnc4COCCO)ncn3)C2)CC1. The van der Waals surface area contributed by atoms with Gasteiger partial charge >= 0.3 is 5.97 Å². The number of aromatic nitrogens is 4. The number of rotatable bonds is 11. The lowest BCUT2D eigenvalue weighted by Gasteiger charge is -2.44. The Hall–Kier alpha value is -3.78. The highest BCUT2D eigenvalue weighted by atomic mass is 35.5. The van der Waals surface area contributed by atoms with Crippen LogP contribution in [0.3, 0.4) is 0 Å². The van der Waals surface area contributed by atoms with Crippen molar-refractivity contribution in [2.24, 2.45) is 11.8 Å². The maximum Gasteiger partial charge on any atom is 0.306 e. The number of carboxylic acids is 1. The van der Waals surface area contributed by atoms with Crippen LogP contribution in [0.1, 0.15) is 31.4 Å². The highest BCUT2D eigenvalue weighted by molar-refractivity contribution is 6.30. The number of nitrogens with one attached hydrogen (secondary N) is 2. The van der Waals surface area contributed by atoms with E-state index in [1.807, 2.05) is 0 Å². The first kappa shape index (κ1) is 29.7. The molecule has 0 spiro atoms. The summed E-state index contributed by atoms with van der Waals surface area (Å²) < 4.78 is 19.9.